The Morgan fingerprint density at radius 3 is 2.27 bits per heavy atom. The predicted octanol–water partition coefficient (Wildman–Crippen LogP) is 4.36. The summed E-state index contributed by atoms with van der Waals surface area (Å²) in [6.07, 6.45) is 6.42. The van der Waals surface area contributed by atoms with Crippen LogP contribution < -0.4 is 5.32 Å². The lowest BCUT2D eigenvalue weighted by Gasteiger charge is -2.37. The Morgan fingerprint density at radius 2 is 1.63 bits per heavy atom. The number of nitrogens with one attached hydrogen (secondary N) is 1. The van der Waals surface area contributed by atoms with Crippen molar-refractivity contribution in [3.63, 3.8) is 0 Å². The zero-order chi connectivity index (χ0) is 21.2. The Morgan fingerprint density at radius 1 is 1.00 bits per heavy atom. The number of nitrogens with zero attached hydrogens (tertiary/aromatic N) is 2. The van der Waals surface area contributed by atoms with Crippen molar-refractivity contribution in [2.24, 2.45) is 0 Å². The molecular formula is C26H35N3O. The third-order valence-corrected chi connectivity index (χ3v) is 5.90. The van der Waals surface area contributed by atoms with E-state index in [9.17, 15) is 4.79 Å². The minimum Gasteiger partial charge on any atom is -0.348 e. The highest BCUT2D eigenvalue weighted by Gasteiger charge is 2.26. The first kappa shape index (κ1) is 22.3. The summed E-state index contributed by atoms with van der Waals surface area (Å²) in [4.78, 5) is 17.7. The minimum absolute atomic E-state index is 0.0931. The lowest BCUT2D eigenvalue weighted by molar-refractivity contribution is -0.127. The van der Waals surface area contributed by atoms with E-state index in [1.165, 1.54) is 11.1 Å². The Balaban J connectivity index is 1.46. The van der Waals surface area contributed by atoms with Gasteiger partial charge < -0.3 is 5.32 Å². The molecule has 160 valence electrons. The molecule has 0 spiro atoms. The van der Waals surface area contributed by atoms with Crippen LogP contribution in [0.25, 0.3) is 6.08 Å². The highest BCUT2D eigenvalue weighted by molar-refractivity contribution is 5.81. The smallest absolute Gasteiger partial charge is 0.237 e. The SMILES string of the molecule is CCC[C@H](NC(=O)[C@H](C)N1CCN(C/C=C/c2ccccc2)CC1)c1ccccc1. The van der Waals surface area contributed by atoms with Crippen LogP contribution in [0.1, 0.15) is 43.9 Å². The van der Waals surface area contributed by atoms with Gasteiger partial charge in [0.25, 0.3) is 0 Å². The summed E-state index contributed by atoms with van der Waals surface area (Å²) in [5, 5.41) is 3.29. The lowest BCUT2D eigenvalue weighted by Crippen LogP contribution is -2.54. The summed E-state index contributed by atoms with van der Waals surface area (Å²) in [7, 11) is 0. The van der Waals surface area contributed by atoms with Crippen molar-refractivity contribution in [2.45, 2.75) is 38.8 Å². The summed E-state index contributed by atoms with van der Waals surface area (Å²) >= 11 is 0. The molecule has 3 rings (SSSR count). The number of carbonyl (C=O) groups excluding carboxylic acids is 1. The molecule has 2 aromatic rings. The second-order valence-corrected chi connectivity index (χ2v) is 8.09. The fourth-order valence-corrected chi connectivity index (χ4v) is 3.99. The van der Waals surface area contributed by atoms with Gasteiger partial charge in [-0.25, -0.2) is 0 Å². The average Bonchev–Trinajstić information content (AvgIpc) is 2.80. The molecule has 4 heteroatoms. The van der Waals surface area contributed by atoms with Gasteiger partial charge in [0.15, 0.2) is 0 Å². The van der Waals surface area contributed by atoms with Gasteiger partial charge in [-0.05, 0) is 24.5 Å². The monoisotopic (exact) mass is 405 g/mol. The Hall–Kier alpha value is -2.43. The summed E-state index contributed by atoms with van der Waals surface area (Å²) in [5.74, 6) is 0.134. The van der Waals surface area contributed by atoms with Crippen molar-refractivity contribution in [1.82, 2.24) is 15.1 Å². The molecule has 1 aliphatic rings. The van der Waals surface area contributed by atoms with Crippen LogP contribution in [-0.4, -0.2) is 54.5 Å². The predicted molar refractivity (Wildman–Crippen MR) is 125 cm³/mol. The van der Waals surface area contributed by atoms with E-state index in [-0.39, 0.29) is 18.0 Å². The molecule has 4 nitrogen and oxygen atoms in total. The van der Waals surface area contributed by atoms with E-state index in [0.717, 1.165) is 45.6 Å². The van der Waals surface area contributed by atoms with Gasteiger partial charge in [0.05, 0.1) is 12.1 Å². The minimum atomic E-state index is -0.102. The second kappa shape index (κ2) is 11.7. The number of hydrogen-bond donors (Lipinski definition) is 1. The maximum atomic E-state index is 12.9. The van der Waals surface area contributed by atoms with E-state index in [0.29, 0.717) is 0 Å². The molecule has 0 aliphatic carbocycles. The normalized spacial score (nSPS) is 17.7. The third-order valence-electron chi connectivity index (χ3n) is 5.90. The van der Waals surface area contributed by atoms with Crippen molar-refractivity contribution in [1.29, 1.82) is 0 Å². The van der Waals surface area contributed by atoms with Crippen molar-refractivity contribution in [2.75, 3.05) is 32.7 Å². The van der Waals surface area contributed by atoms with Gasteiger partial charge in [0.1, 0.15) is 0 Å². The first-order valence-electron chi connectivity index (χ1n) is 11.2. The number of rotatable bonds is 9. The number of carbonyl (C=O) groups is 1. The number of piperazine rings is 1. The van der Waals surface area contributed by atoms with Crippen LogP contribution in [0.4, 0.5) is 0 Å². The largest absolute Gasteiger partial charge is 0.348 e. The molecule has 30 heavy (non-hydrogen) atoms. The number of hydrogen-bond acceptors (Lipinski definition) is 3. The zero-order valence-electron chi connectivity index (χ0n) is 18.3. The topological polar surface area (TPSA) is 35.6 Å². The van der Waals surface area contributed by atoms with Gasteiger partial charge in [-0.1, -0.05) is 86.2 Å². The molecule has 0 unspecified atom stereocenters. The van der Waals surface area contributed by atoms with E-state index in [1.54, 1.807) is 0 Å². The van der Waals surface area contributed by atoms with Crippen LogP contribution in [-0.2, 0) is 4.79 Å². The molecule has 0 bridgehead atoms. The van der Waals surface area contributed by atoms with Crippen molar-refractivity contribution >= 4 is 12.0 Å². The third kappa shape index (κ3) is 6.54. The molecule has 0 radical (unpaired) electrons. The van der Waals surface area contributed by atoms with Crippen LogP contribution in [0.5, 0.6) is 0 Å². The van der Waals surface area contributed by atoms with E-state index in [1.807, 2.05) is 31.2 Å². The van der Waals surface area contributed by atoms with Crippen molar-refractivity contribution in [3.05, 3.63) is 77.9 Å². The molecule has 1 fully saturated rings. The molecule has 1 aliphatic heterocycles. The van der Waals surface area contributed by atoms with Gasteiger partial charge in [0.2, 0.25) is 5.91 Å². The summed E-state index contributed by atoms with van der Waals surface area (Å²) in [6.45, 7) is 9.00. The first-order chi connectivity index (χ1) is 14.7. The van der Waals surface area contributed by atoms with Crippen molar-refractivity contribution in [3.8, 4) is 0 Å². The molecule has 1 amide bonds. The van der Waals surface area contributed by atoms with Gasteiger partial charge in [-0.3, -0.25) is 14.6 Å². The van der Waals surface area contributed by atoms with Crippen molar-refractivity contribution < 1.29 is 4.79 Å². The highest BCUT2D eigenvalue weighted by atomic mass is 16.2. The molecular weight excluding hydrogens is 370 g/mol. The summed E-state index contributed by atoms with van der Waals surface area (Å²) < 4.78 is 0. The van der Waals surface area contributed by atoms with E-state index < -0.39 is 0 Å². The summed E-state index contributed by atoms with van der Waals surface area (Å²) in [5.41, 5.74) is 2.43. The first-order valence-corrected chi connectivity index (χ1v) is 11.2. The quantitative estimate of drug-likeness (QED) is 0.673. The molecule has 1 N–H and O–H groups in total. The van der Waals surface area contributed by atoms with E-state index in [4.69, 9.17) is 0 Å². The highest BCUT2D eigenvalue weighted by Crippen LogP contribution is 2.19. The van der Waals surface area contributed by atoms with Crippen LogP contribution in [0.2, 0.25) is 0 Å². The molecule has 2 atom stereocenters. The average molecular weight is 406 g/mol. The van der Waals surface area contributed by atoms with Crippen LogP contribution in [0, 0.1) is 0 Å². The summed E-state index contributed by atoms with van der Waals surface area (Å²) in [6, 6.07) is 20.7. The lowest BCUT2D eigenvalue weighted by atomic mass is 10.0. The van der Waals surface area contributed by atoms with E-state index in [2.05, 4.69) is 70.6 Å². The Bertz CT molecular complexity index is 782. The second-order valence-electron chi connectivity index (χ2n) is 8.09. The van der Waals surface area contributed by atoms with Gasteiger partial charge in [0, 0.05) is 32.7 Å². The Kier molecular flexibility index (Phi) is 8.66. The van der Waals surface area contributed by atoms with Gasteiger partial charge in [-0.15, -0.1) is 0 Å². The van der Waals surface area contributed by atoms with Crippen LogP contribution >= 0.6 is 0 Å². The zero-order valence-corrected chi connectivity index (χ0v) is 18.3. The van der Waals surface area contributed by atoms with Gasteiger partial charge in [-0.2, -0.15) is 0 Å². The number of benzene rings is 2. The molecule has 0 aromatic heterocycles. The maximum absolute atomic E-state index is 12.9. The van der Waals surface area contributed by atoms with E-state index >= 15 is 0 Å². The molecule has 0 saturated carbocycles. The standard InChI is InChI=1S/C26H35N3O/c1-3-11-25(24-15-8-5-9-16-24)27-26(30)22(2)29-20-18-28(19-21-29)17-10-14-23-12-6-4-7-13-23/h4-10,12-16,22,25H,3,11,17-21H2,1-2H3,(H,27,30)/b14-10+/t22-,25-/m0/s1. The van der Waals surface area contributed by atoms with Crippen LogP contribution in [0.15, 0.2) is 66.7 Å². The fraction of sp³-hybridized carbons (Fsp3) is 0.423. The Labute approximate surface area is 181 Å². The maximum Gasteiger partial charge on any atom is 0.237 e. The van der Waals surface area contributed by atoms with Gasteiger partial charge >= 0.3 is 0 Å². The fourth-order valence-electron chi connectivity index (χ4n) is 3.99. The van der Waals surface area contributed by atoms with Crippen LogP contribution in [0.3, 0.4) is 0 Å². The molecule has 1 heterocycles. The number of amides is 1. The molecule has 2 aromatic carbocycles. The molecule has 1 saturated heterocycles.